The lowest BCUT2D eigenvalue weighted by Crippen LogP contribution is -2.39. The van der Waals surface area contributed by atoms with Crippen LogP contribution >= 0.6 is 15.9 Å². The summed E-state index contributed by atoms with van der Waals surface area (Å²) in [6.45, 7) is 1.17. The van der Waals surface area contributed by atoms with Crippen LogP contribution in [-0.2, 0) is 20.6 Å². The third-order valence-corrected chi connectivity index (χ3v) is 4.57. The number of nitrogens with two attached hydrogens (primary N) is 1. The lowest BCUT2D eigenvalue weighted by Gasteiger charge is -2.09. The molecule has 0 spiro atoms. The molecule has 132 valence electrons. The maximum atomic E-state index is 12.9. The van der Waals surface area contributed by atoms with E-state index in [2.05, 4.69) is 26.2 Å². The number of nitrogens with zero attached hydrogens (tertiary/aromatic N) is 4. The SMILES string of the molecule is Cn1c(NCCN)nc2c1c(=O)n(Cc1ccc(Br)cc1)c(=O)n2C. The van der Waals surface area contributed by atoms with Crippen molar-refractivity contribution in [2.45, 2.75) is 6.54 Å². The van der Waals surface area contributed by atoms with Crippen LogP contribution in [0.1, 0.15) is 5.56 Å². The Morgan fingerprint density at radius 3 is 2.48 bits per heavy atom. The van der Waals surface area contributed by atoms with Crippen LogP contribution in [0.3, 0.4) is 0 Å². The van der Waals surface area contributed by atoms with E-state index in [9.17, 15) is 9.59 Å². The van der Waals surface area contributed by atoms with Gasteiger partial charge in [0.2, 0.25) is 5.95 Å². The summed E-state index contributed by atoms with van der Waals surface area (Å²) in [5.41, 5.74) is 6.33. The molecule has 2 heterocycles. The van der Waals surface area contributed by atoms with Crippen LogP contribution < -0.4 is 22.3 Å². The molecule has 0 unspecified atom stereocenters. The minimum atomic E-state index is -0.399. The van der Waals surface area contributed by atoms with Crippen molar-refractivity contribution in [2.75, 3.05) is 18.4 Å². The predicted octanol–water partition coefficient (Wildman–Crippen LogP) is 0.615. The number of rotatable bonds is 5. The second-order valence-corrected chi connectivity index (χ2v) is 6.66. The zero-order chi connectivity index (χ0) is 18.1. The average Bonchev–Trinajstić information content (AvgIpc) is 2.93. The number of halogens is 1. The van der Waals surface area contributed by atoms with Crippen molar-refractivity contribution < 1.29 is 0 Å². The van der Waals surface area contributed by atoms with Crippen LogP contribution in [0.4, 0.5) is 5.95 Å². The maximum Gasteiger partial charge on any atom is 0.332 e. The first kappa shape index (κ1) is 17.4. The van der Waals surface area contributed by atoms with Crippen LogP contribution in [0, 0.1) is 0 Å². The molecule has 0 aliphatic heterocycles. The minimum Gasteiger partial charge on any atom is -0.354 e. The fourth-order valence-electron chi connectivity index (χ4n) is 2.70. The van der Waals surface area contributed by atoms with E-state index in [0.29, 0.717) is 30.2 Å². The van der Waals surface area contributed by atoms with Gasteiger partial charge in [-0.25, -0.2) is 4.79 Å². The van der Waals surface area contributed by atoms with Crippen LogP contribution in [0.5, 0.6) is 0 Å². The van der Waals surface area contributed by atoms with E-state index in [1.165, 1.54) is 9.13 Å². The number of nitrogens with one attached hydrogen (secondary N) is 1. The molecule has 25 heavy (non-hydrogen) atoms. The first-order chi connectivity index (χ1) is 11.9. The summed E-state index contributed by atoms with van der Waals surface area (Å²) in [5.74, 6) is 0.508. The van der Waals surface area contributed by atoms with Gasteiger partial charge in [0.1, 0.15) is 0 Å². The highest BCUT2D eigenvalue weighted by Gasteiger charge is 2.18. The van der Waals surface area contributed by atoms with Gasteiger partial charge in [0.05, 0.1) is 6.54 Å². The molecule has 1 aromatic carbocycles. The zero-order valence-corrected chi connectivity index (χ0v) is 15.6. The van der Waals surface area contributed by atoms with Gasteiger partial charge < -0.3 is 15.6 Å². The molecular formula is C16H19BrN6O2. The second kappa shape index (κ2) is 6.85. The van der Waals surface area contributed by atoms with Gasteiger partial charge in [-0.15, -0.1) is 0 Å². The largest absolute Gasteiger partial charge is 0.354 e. The molecule has 0 aliphatic rings. The number of imidazole rings is 1. The van der Waals surface area contributed by atoms with E-state index < -0.39 is 5.69 Å². The third-order valence-electron chi connectivity index (χ3n) is 4.04. The Hall–Kier alpha value is -2.39. The lowest BCUT2D eigenvalue weighted by molar-refractivity contribution is 0.655. The number of hydrogen-bond acceptors (Lipinski definition) is 5. The van der Waals surface area contributed by atoms with Gasteiger partial charge in [0, 0.05) is 31.7 Å². The summed E-state index contributed by atoms with van der Waals surface area (Å²) in [6, 6.07) is 7.50. The fraction of sp³-hybridized carbons (Fsp3) is 0.312. The van der Waals surface area contributed by atoms with Crippen molar-refractivity contribution in [2.24, 2.45) is 19.8 Å². The van der Waals surface area contributed by atoms with E-state index in [4.69, 9.17) is 5.73 Å². The average molecular weight is 407 g/mol. The molecule has 9 heteroatoms. The molecule has 0 radical (unpaired) electrons. The number of aryl methyl sites for hydroxylation is 2. The summed E-state index contributed by atoms with van der Waals surface area (Å²) in [6.07, 6.45) is 0. The molecule has 3 N–H and O–H groups in total. The Labute approximate surface area is 152 Å². The molecule has 0 saturated heterocycles. The summed E-state index contributed by atoms with van der Waals surface area (Å²) < 4.78 is 5.21. The first-order valence-electron chi connectivity index (χ1n) is 7.78. The zero-order valence-electron chi connectivity index (χ0n) is 14.0. The second-order valence-electron chi connectivity index (χ2n) is 5.74. The Kier molecular flexibility index (Phi) is 4.78. The van der Waals surface area contributed by atoms with Gasteiger partial charge in [-0.1, -0.05) is 28.1 Å². The van der Waals surface area contributed by atoms with Crippen molar-refractivity contribution in [3.05, 3.63) is 55.1 Å². The predicted molar refractivity (Wildman–Crippen MR) is 101 cm³/mol. The normalized spacial score (nSPS) is 11.2. The molecule has 8 nitrogen and oxygen atoms in total. The van der Waals surface area contributed by atoms with E-state index in [1.54, 1.807) is 18.7 Å². The Morgan fingerprint density at radius 2 is 1.84 bits per heavy atom. The van der Waals surface area contributed by atoms with Gasteiger partial charge in [-0.3, -0.25) is 13.9 Å². The number of aromatic nitrogens is 4. The highest BCUT2D eigenvalue weighted by molar-refractivity contribution is 9.10. The number of benzene rings is 1. The number of anilines is 1. The molecule has 2 aromatic heterocycles. The first-order valence-corrected chi connectivity index (χ1v) is 8.58. The highest BCUT2D eigenvalue weighted by Crippen LogP contribution is 2.14. The smallest absolute Gasteiger partial charge is 0.332 e. The van der Waals surface area contributed by atoms with Crippen LogP contribution in [0.2, 0.25) is 0 Å². The quantitative estimate of drug-likeness (QED) is 0.646. The Bertz CT molecular complexity index is 1030. The van der Waals surface area contributed by atoms with Crippen molar-refractivity contribution in [1.82, 2.24) is 18.7 Å². The number of hydrogen-bond donors (Lipinski definition) is 2. The van der Waals surface area contributed by atoms with E-state index in [-0.39, 0.29) is 12.1 Å². The fourth-order valence-corrected chi connectivity index (χ4v) is 2.96. The summed E-state index contributed by atoms with van der Waals surface area (Å²) >= 11 is 3.38. The van der Waals surface area contributed by atoms with Crippen molar-refractivity contribution in [3.63, 3.8) is 0 Å². The molecule has 0 bridgehead atoms. The van der Waals surface area contributed by atoms with Gasteiger partial charge in [0.25, 0.3) is 5.56 Å². The van der Waals surface area contributed by atoms with Gasteiger partial charge in [-0.05, 0) is 17.7 Å². The monoisotopic (exact) mass is 406 g/mol. The van der Waals surface area contributed by atoms with Crippen molar-refractivity contribution in [1.29, 1.82) is 0 Å². The maximum absolute atomic E-state index is 12.9. The van der Waals surface area contributed by atoms with Gasteiger partial charge >= 0.3 is 5.69 Å². The molecule has 0 aliphatic carbocycles. The molecule has 0 amide bonds. The van der Waals surface area contributed by atoms with Gasteiger partial charge in [-0.2, -0.15) is 4.98 Å². The molecule has 0 saturated carbocycles. The van der Waals surface area contributed by atoms with E-state index in [0.717, 1.165) is 10.0 Å². The summed E-state index contributed by atoms with van der Waals surface area (Å²) in [4.78, 5) is 29.9. The molecular weight excluding hydrogens is 388 g/mol. The van der Waals surface area contributed by atoms with Crippen molar-refractivity contribution >= 4 is 33.0 Å². The molecule has 3 aromatic rings. The minimum absolute atomic E-state index is 0.200. The molecule has 0 fully saturated rings. The van der Waals surface area contributed by atoms with E-state index in [1.807, 2.05) is 24.3 Å². The van der Waals surface area contributed by atoms with E-state index >= 15 is 0 Å². The van der Waals surface area contributed by atoms with Crippen LogP contribution in [-0.4, -0.2) is 31.8 Å². The Balaban J connectivity index is 2.16. The molecule has 0 atom stereocenters. The van der Waals surface area contributed by atoms with Gasteiger partial charge in [0.15, 0.2) is 11.2 Å². The Morgan fingerprint density at radius 1 is 1.16 bits per heavy atom. The number of fused-ring (bicyclic) bond motifs is 1. The standard InChI is InChI=1S/C16H19BrN6O2/c1-21-12-13(20-15(21)19-8-7-18)22(2)16(25)23(14(12)24)9-10-3-5-11(17)6-4-10/h3-6H,7-9,18H2,1-2H3,(H,19,20). The van der Waals surface area contributed by atoms with Crippen LogP contribution in [0.15, 0.2) is 38.3 Å². The third kappa shape index (κ3) is 3.12. The lowest BCUT2D eigenvalue weighted by atomic mass is 10.2. The van der Waals surface area contributed by atoms with Crippen molar-refractivity contribution in [3.8, 4) is 0 Å². The topological polar surface area (TPSA) is 99.9 Å². The summed E-state index contributed by atoms with van der Waals surface area (Å²) in [5, 5.41) is 3.06. The summed E-state index contributed by atoms with van der Waals surface area (Å²) in [7, 11) is 3.35. The molecule has 3 rings (SSSR count). The van der Waals surface area contributed by atoms with Crippen LogP contribution in [0.25, 0.3) is 11.2 Å². The highest BCUT2D eigenvalue weighted by atomic mass is 79.9.